The van der Waals surface area contributed by atoms with E-state index < -0.39 is 0 Å². The van der Waals surface area contributed by atoms with Gasteiger partial charge in [-0.15, -0.1) is 6.58 Å². The van der Waals surface area contributed by atoms with Crippen molar-refractivity contribution in [1.82, 2.24) is 0 Å². The predicted molar refractivity (Wildman–Crippen MR) is 52.1 cm³/mol. The van der Waals surface area contributed by atoms with Gasteiger partial charge in [0.15, 0.2) is 0 Å². The molecule has 0 saturated carbocycles. The van der Waals surface area contributed by atoms with Gasteiger partial charge < -0.3 is 4.79 Å². The lowest BCUT2D eigenvalue weighted by Gasteiger charge is -1.96. The van der Waals surface area contributed by atoms with Crippen LogP contribution in [0.2, 0.25) is 0 Å². The third-order valence-electron chi connectivity index (χ3n) is 1.35. The molecule has 0 aliphatic rings. The minimum atomic E-state index is 0.728. The van der Waals surface area contributed by atoms with Gasteiger partial charge >= 0.3 is 0 Å². The molecule has 0 rings (SSSR count). The number of carbonyl (C=O) groups excluding carboxylic acids is 1. The zero-order chi connectivity index (χ0) is 8.36. The maximum Gasteiger partial charge on any atom is 0.119 e. The molecule has 0 aromatic heterocycles. The quantitative estimate of drug-likeness (QED) is 0.318. The van der Waals surface area contributed by atoms with Gasteiger partial charge in [-0.2, -0.15) is 11.8 Å². The van der Waals surface area contributed by atoms with E-state index in [1.54, 1.807) is 0 Å². The summed E-state index contributed by atoms with van der Waals surface area (Å²) in [6.45, 7) is 3.64. The van der Waals surface area contributed by atoms with Gasteiger partial charge in [0.25, 0.3) is 0 Å². The summed E-state index contributed by atoms with van der Waals surface area (Å²) in [5, 5.41) is 0. The van der Waals surface area contributed by atoms with E-state index in [-0.39, 0.29) is 0 Å². The Hall–Kier alpha value is -0.240. The molecule has 0 saturated heterocycles. The Bertz CT molecular complexity index is 89.7. The molecule has 0 aliphatic heterocycles. The molecule has 0 spiro atoms. The monoisotopic (exact) mass is 172 g/mol. The van der Waals surface area contributed by atoms with E-state index in [1.807, 2.05) is 17.8 Å². The second kappa shape index (κ2) is 9.76. The number of aldehydes is 1. The Kier molecular flexibility index (Phi) is 9.55. The molecule has 11 heavy (non-hydrogen) atoms. The van der Waals surface area contributed by atoms with Crippen LogP contribution in [0.1, 0.15) is 25.7 Å². The largest absolute Gasteiger partial charge is 0.303 e. The SMILES string of the molecule is C=CCSCCCCCC=O. The fourth-order valence-electron chi connectivity index (χ4n) is 0.775. The van der Waals surface area contributed by atoms with Gasteiger partial charge in [-0.1, -0.05) is 12.5 Å². The minimum absolute atomic E-state index is 0.728. The van der Waals surface area contributed by atoms with Gasteiger partial charge in [0, 0.05) is 12.2 Å². The van der Waals surface area contributed by atoms with E-state index in [0.29, 0.717) is 0 Å². The highest BCUT2D eigenvalue weighted by molar-refractivity contribution is 7.99. The molecule has 0 atom stereocenters. The van der Waals surface area contributed by atoms with Crippen molar-refractivity contribution in [2.24, 2.45) is 0 Å². The lowest BCUT2D eigenvalue weighted by molar-refractivity contribution is -0.107. The number of carbonyl (C=O) groups is 1. The highest BCUT2D eigenvalue weighted by atomic mass is 32.2. The number of unbranched alkanes of at least 4 members (excludes halogenated alkanes) is 3. The van der Waals surface area contributed by atoms with Gasteiger partial charge in [0.1, 0.15) is 6.29 Å². The van der Waals surface area contributed by atoms with Crippen molar-refractivity contribution >= 4 is 18.0 Å². The lowest BCUT2D eigenvalue weighted by Crippen LogP contribution is -1.83. The molecule has 64 valence electrons. The van der Waals surface area contributed by atoms with E-state index in [0.717, 1.165) is 24.9 Å². The van der Waals surface area contributed by atoms with Crippen LogP contribution in [-0.2, 0) is 4.79 Å². The second-order valence-corrected chi connectivity index (χ2v) is 3.53. The minimum Gasteiger partial charge on any atom is -0.303 e. The average Bonchev–Trinajstić information content (AvgIpc) is 2.03. The molecule has 0 aliphatic carbocycles. The molecule has 0 radical (unpaired) electrons. The summed E-state index contributed by atoms with van der Waals surface area (Å²) in [5.41, 5.74) is 0. The van der Waals surface area contributed by atoms with Gasteiger partial charge in [-0.3, -0.25) is 0 Å². The molecule has 1 nitrogen and oxygen atoms in total. The van der Waals surface area contributed by atoms with Gasteiger partial charge in [0.05, 0.1) is 0 Å². The van der Waals surface area contributed by atoms with Crippen molar-refractivity contribution in [2.45, 2.75) is 25.7 Å². The fraction of sp³-hybridized carbons (Fsp3) is 0.667. The van der Waals surface area contributed by atoms with Crippen LogP contribution in [0.4, 0.5) is 0 Å². The number of rotatable bonds is 8. The summed E-state index contributed by atoms with van der Waals surface area (Å²) in [6.07, 6.45) is 7.12. The third-order valence-corrected chi connectivity index (χ3v) is 2.40. The summed E-state index contributed by atoms with van der Waals surface area (Å²) in [7, 11) is 0. The zero-order valence-corrected chi connectivity index (χ0v) is 7.74. The van der Waals surface area contributed by atoms with Crippen molar-refractivity contribution in [3.8, 4) is 0 Å². The topological polar surface area (TPSA) is 17.1 Å². The smallest absolute Gasteiger partial charge is 0.119 e. The van der Waals surface area contributed by atoms with Gasteiger partial charge in [-0.25, -0.2) is 0 Å². The Morgan fingerprint density at radius 2 is 2.09 bits per heavy atom. The maximum absolute atomic E-state index is 9.92. The summed E-state index contributed by atoms with van der Waals surface area (Å²) in [5.74, 6) is 2.25. The number of hydrogen-bond acceptors (Lipinski definition) is 2. The van der Waals surface area contributed by atoms with E-state index in [2.05, 4.69) is 6.58 Å². The standard InChI is InChI=1S/C9H16OS/c1-2-8-11-9-6-4-3-5-7-10/h2,7H,1,3-6,8-9H2. The Morgan fingerprint density at radius 3 is 2.73 bits per heavy atom. The van der Waals surface area contributed by atoms with Crippen LogP contribution in [0, 0.1) is 0 Å². The van der Waals surface area contributed by atoms with E-state index >= 15 is 0 Å². The highest BCUT2D eigenvalue weighted by Crippen LogP contribution is 2.06. The molecule has 2 heteroatoms. The molecule has 0 amide bonds. The number of hydrogen-bond donors (Lipinski definition) is 0. The average molecular weight is 172 g/mol. The first-order valence-corrected chi connectivity index (χ1v) is 5.19. The first-order chi connectivity index (χ1) is 5.41. The molecule has 0 fully saturated rings. The van der Waals surface area contributed by atoms with Crippen LogP contribution in [-0.4, -0.2) is 17.8 Å². The van der Waals surface area contributed by atoms with Crippen LogP contribution in [0.3, 0.4) is 0 Å². The van der Waals surface area contributed by atoms with Crippen LogP contribution in [0.5, 0.6) is 0 Å². The zero-order valence-electron chi connectivity index (χ0n) is 6.92. The van der Waals surface area contributed by atoms with Crippen LogP contribution in [0.15, 0.2) is 12.7 Å². The van der Waals surface area contributed by atoms with Gasteiger partial charge in [0.2, 0.25) is 0 Å². The van der Waals surface area contributed by atoms with E-state index in [4.69, 9.17) is 0 Å². The van der Waals surface area contributed by atoms with Crippen molar-refractivity contribution in [3.05, 3.63) is 12.7 Å². The summed E-state index contributed by atoms with van der Waals surface area (Å²) < 4.78 is 0. The van der Waals surface area contributed by atoms with E-state index in [9.17, 15) is 4.79 Å². The Labute approximate surface area is 73.3 Å². The Morgan fingerprint density at radius 1 is 1.27 bits per heavy atom. The van der Waals surface area contributed by atoms with Crippen molar-refractivity contribution in [3.63, 3.8) is 0 Å². The summed E-state index contributed by atoms with van der Waals surface area (Å²) in [4.78, 5) is 9.92. The molecule has 0 aromatic rings. The summed E-state index contributed by atoms with van der Waals surface area (Å²) in [6, 6.07) is 0. The third kappa shape index (κ3) is 9.76. The lowest BCUT2D eigenvalue weighted by atomic mass is 10.2. The fourth-order valence-corrected chi connectivity index (χ4v) is 1.52. The molecular formula is C9H16OS. The van der Waals surface area contributed by atoms with Crippen molar-refractivity contribution in [2.75, 3.05) is 11.5 Å². The van der Waals surface area contributed by atoms with Crippen LogP contribution >= 0.6 is 11.8 Å². The van der Waals surface area contributed by atoms with Gasteiger partial charge in [-0.05, 0) is 18.6 Å². The highest BCUT2D eigenvalue weighted by Gasteiger charge is 1.88. The number of thioether (sulfide) groups is 1. The predicted octanol–water partition coefficient (Wildman–Crippen LogP) is 2.66. The van der Waals surface area contributed by atoms with Crippen molar-refractivity contribution in [1.29, 1.82) is 0 Å². The van der Waals surface area contributed by atoms with Crippen molar-refractivity contribution < 1.29 is 4.79 Å². The molecular weight excluding hydrogens is 156 g/mol. The second-order valence-electron chi connectivity index (χ2n) is 2.38. The molecule has 0 bridgehead atoms. The maximum atomic E-state index is 9.92. The molecule has 0 aromatic carbocycles. The normalized spacial score (nSPS) is 9.45. The molecule has 0 heterocycles. The Balaban J connectivity index is 2.79. The molecule has 0 N–H and O–H groups in total. The van der Waals surface area contributed by atoms with Crippen LogP contribution < -0.4 is 0 Å². The van der Waals surface area contributed by atoms with E-state index in [1.165, 1.54) is 18.6 Å². The first-order valence-electron chi connectivity index (χ1n) is 4.04. The molecule has 0 unspecified atom stereocenters. The first kappa shape index (κ1) is 10.8. The van der Waals surface area contributed by atoms with Crippen LogP contribution in [0.25, 0.3) is 0 Å². The summed E-state index contributed by atoms with van der Waals surface area (Å²) >= 11 is 1.90.